The molecule has 2 aromatic rings. The number of rotatable bonds is 4. The minimum atomic E-state index is -0.119. The van der Waals surface area contributed by atoms with Crippen LogP contribution in [0.2, 0.25) is 0 Å². The fourth-order valence-corrected chi connectivity index (χ4v) is 3.92. The molecule has 5 nitrogen and oxygen atoms in total. The molecule has 0 amide bonds. The number of hydrogen-bond acceptors (Lipinski definition) is 5. The Bertz CT molecular complexity index is 939. The summed E-state index contributed by atoms with van der Waals surface area (Å²) in [5.41, 5.74) is 4.03. The van der Waals surface area contributed by atoms with Crippen LogP contribution in [0.15, 0.2) is 36.1 Å². The molecule has 0 aliphatic carbocycles. The Morgan fingerprint density at radius 3 is 2.50 bits per heavy atom. The minimum absolute atomic E-state index is 0.119. The largest absolute Gasteiger partial charge is 0.507 e. The molecular formula is C23H26N2O3. The zero-order valence-corrected chi connectivity index (χ0v) is 16.7. The number of phenols is 1. The number of ether oxygens (including phenoxy) is 1. The minimum Gasteiger partial charge on any atom is -0.507 e. The third-order valence-electron chi connectivity index (χ3n) is 5.51. The molecule has 2 aliphatic rings. The Kier molecular flexibility index (Phi) is 4.85. The van der Waals surface area contributed by atoms with Gasteiger partial charge in [-0.1, -0.05) is 12.1 Å². The molecule has 1 fully saturated rings. The van der Waals surface area contributed by atoms with Gasteiger partial charge in [-0.15, -0.1) is 0 Å². The number of phenolic OH excluding ortho intramolecular Hbond substituents is 1. The molecule has 0 aromatic heterocycles. The smallest absolute Gasteiger partial charge is 0.232 e. The van der Waals surface area contributed by atoms with Gasteiger partial charge in [-0.3, -0.25) is 9.69 Å². The summed E-state index contributed by atoms with van der Waals surface area (Å²) in [4.78, 5) is 17.3. The third kappa shape index (κ3) is 3.38. The number of carbonyl (C=O) groups excluding carboxylic acids is 1. The van der Waals surface area contributed by atoms with E-state index in [-0.39, 0.29) is 11.5 Å². The van der Waals surface area contributed by atoms with Crippen LogP contribution in [0.25, 0.3) is 6.08 Å². The number of aryl methyl sites for hydroxylation is 1. The van der Waals surface area contributed by atoms with Gasteiger partial charge in [-0.2, -0.15) is 0 Å². The van der Waals surface area contributed by atoms with Crippen molar-refractivity contribution in [3.63, 3.8) is 0 Å². The highest BCUT2D eigenvalue weighted by molar-refractivity contribution is 6.15. The molecule has 2 aromatic carbocycles. The third-order valence-corrected chi connectivity index (χ3v) is 5.51. The average Bonchev–Trinajstić information content (AvgIpc) is 3.28. The van der Waals surface area contributed by atoms with Crippen LogP contribution in [-0.4, -0.2) is 43.0 Å². The summed E-state index contributed by atoms with van der Waals surface area (Å²) in [6.07, 6.45) is 4.11. The molecule has 0 spiro atoms. The van der Waals surface area contributed by atoms with Crippen LogP contribution in [0, 0.1) is 6.92 Å². The highest BCUT2D eigenvalue weighted by Gasteiger charge is 2.33. The van der Waals surface area contributed by atoms with Crippen LogP contribution in [0.4, 0.5) is 5.69 Å². The second-order valence-corrected chi connectivity index (χ2v) is 7.80. The molecule has 28 heavy (non-hydrogen) atoms. The van der Waals surface area contributed by atoms with E-state index in [0.717, 1.165) is 29.9 Å². The number of allylic oxidation sites excluding steroid dienone is 1. The van der Waals surface area contributed by atoms with Crippen LogP contribution in [0.1, 0.15) is 39.9 Å². The van der Waals surface area contributed by atoms with E-state index >= 15 is 0 Å². The number of hydrogen-bond donors (Lipinski definition) is 1. The molecule has 2 heterocycles. The number of Topliss-reactive ketones (excluding diaryl/α,β-unsaturated/α-hetero) is 1. The fourth-order valence-electron chi connectivity index (χ4n) is 3.92. The van der Waals surface area contributed by atoms with E-state index in [1.54, 1.807) is 12.1 Å². The predicted octanol–water partition coefficient (Wildman–Crippen LogP) is 3.98. The van der Waals surface area contributed by atoms with E-state index in [0.29, 0.717) is 29.2 Å². The first kappa shape index (κ1) is 18.6. The van der Waals surface area contributed by atoms with Gasteiger partial charge in [0.05, 0.1) is 11.1 Å². The van der Waals surface area contributed by atoms with E-state index in [1.807, 2.05) is 50.2 Å². The van der Waals surface area contributed by atoms with Crippen LogP contribution < -0.4 is 9.64 Å². The molecule has 1 N–H and O–H groups in total. The number of nitrogens with zero attached hydrogens (tertiary/aromatic N) is 2. The summed E-state index contributed by atoms with van der Waals surface area (Å²) in [6, 6.07) is 9.64. The molecule has 2 aliphatic heterocycles. The van der Waals surface area contributed by atoms with Crippen molar-refractivity contribution < 1.29 is 14.6 Å². The SMILES string of the molecule is Cc1cc(O)c(CN2CCCC2)c2c1C(=O)/C(=C/c1ccc(N(C)C)cc1)O2. The molecule has 0 bridgehead atoms. The summed E-state index contributed by atoms with van der Waals surface area (Å²) in [5.74, 6) is 0.911. The molecule has 1 saturated heterocycles. The Balaban J connectivity index is 1.67. The summed E-state index contributed by atoms with van der Waals surface area (Å²) in [7, 11) is 3.98. The molecule has 0 unspecified atom stereocenters. The van der Waals surface area contributed by atoms with Crippen molar-refractivity contribution in [2.24, 2.45) is 0 Å². The maximum atomic E-state index is 13.0. The van der Waals surface area contributed by atoms with Crippen molar-refractivity contribution in [3.8, 4) is 11.5 Å². The van der Waals surface area contributed by atoms with E-state index in [9.17, 15) is 9.90 Å². The van der Waals surface area contributed by atoms with Crippen molar-refractivity contribution >= 4 is 17.5 Å². The lowest BCUT2D eigenvalue weighted by atomic mass is 9.99. The molecule has 0 radical (unpaired) electrons. The first-order valence-corrected chi connectivity index (χ1v) is 9.73. The monoisotopic (exact) mass is 378 g/mol. The van der Waals surface area contributed by atoms with Gasteiger partial charge in [-0.25, -0.2) is 0 Å². The van der Waals surface area contributed by atoms with Gasteiger partial charge in [0.25, 0.3) is 0 Å². The van der Waals surface area contributed by atoms with E-state index in [4.69, 9.17) is 4.74 Å². The first-order valence-electron chi connectivity index (χ1n) is 9.73. The van der Waals surface area contributed by atoms with Crippen LogP contribution in [-0.2, 0) is 6.54 Å². The number of benzene rings is 2. The number of fused-ring (bicyclic) bond motifs is 1. The lowest BCUT2D eigenvalue weighted by molar-refractivity contribution is 0.101. The van der Waals surface area contributed by atoms with Crippen molar-refractivity contribution in [1.29, 1.82) is 0 Å². The van der Waals surface area contributed by atoms with Gasteiger partial charge >= 0.3 is 0 Å². The van der Waals surface area contributed by atoms with E-state index in [1.165, 1.54) is 12.8 Å². The van der Waals surface area contributed by atoms with Crippen molar-refractivity contribution in [2.75, 3.05) is 32.1 Å². The summed E-state index contributed by atoms with van der Waals surface area (Å²) in [5, 5.41) is 10.5. The van der Waals surface area contributed by atoms with Gasteiger partial charge in [0.2, 0.25) is 5.78 Å². The summed E-state index contributed by atoms with van der Waals surface area (Å²) >= 11 is 0. The summed E-state index contributed by atoms with van der Waals surface area (Å²) < 4.78 is 6.02. The maximum Gasteiger partial charge on any atom is 0.232 e. The number of likely N-dealkylation sites (tertiary alicyclic amines) is 1. The number of carbonyl (C=O) groups is 1. The van der Waals surface area contributed by atoms with Gasteiger partial charge in [0.15, 0.2) is 5.76 Å². The molecule has 146 valence electrons. The van der Waals surface area contributed by atoms with Gasteiger partial charge in [0, 0.05) is 26.3 Å². The topological polar surface area (TPSA) is 53.0 Å². The maximum absolute atomic E-state index is 13.0. The van der Waals surface area contributed by atoms with Gasteiger partial charge < -0.3 is 14.7 Å². The normalized spacial score (nSPS) is 17.8. The van der Waals surface area contributed by atoms with E-state index in [2.05, 4.69) is 4.90 Å². The molecule has 0 atom stereocenters. The Labute approximate surface area is 165 Å². The highest BCUT2D eigenvalue weighted by atomic mass is 16.5. The van der Waals surface area contributed by atoms with Gasteiger partial charge in [-0.05, 0) is 68.3 Å². The molecular weight excluding hydrogens is 352 g/mol. The Morgan fingerprint density at radius 2 is 1.86 bits per heavy atom. The zero-order valence-electron chi connectivity index (χ0n) is 16.7. The first-order chi connectivity index (χ1) is 13.4. The van der Waals surface area contributed by atoms with E-state index < -0.39 is 0 Å². The van der Waals surface area contributed by atoms with Gasteiger partial charge in [0.1, 0.15) is 11.5 Å². The van der Waals surface area contributed by atoms with Crippen LogP contribution >= 0.6 is 0 Å². The van der Waals surface area contributed by atoms with Crippen molar-refractivity contribution in [1.82, 2.24) is 4.90 Å². The van der Waals surface area contributed by atoms with Crippen LogP contribution in [0.5, 0.6) is 11.5 Å². The van der Waals surface area contributed by atoms with Crippen molar-refractivity contribution in [3.05, 3.63) is 58.3 Å². The predicted molar refractivity (Wildman–Crippen MR) is 111 cm³/mol. The Hall–Kier alpha value is -2.79. The summed E-state index contributed by atoms with van der Waals surface area (Å²) in [6.45, 7) is 4.47. The number of anilines is 1. The second kappa shape index (κ2) is 7.32. The number of ketones is 1. The standard InChI is InChI=1S/C23H26N2O3/c1-15-12-19(26)18(14-25-10-4-5-11-25)23-21(15)22(27)20(28-23)13-16-6-8-17(9-7-16)24(2)3/h6-9,12-13,26H,4-5,10-11,14H2,1-3H3/b20-13-. The highest BCUT2D eigenvalue weighted by Crippen LogP contribution is 2.42. The quantitative estimate of drug-likeness (QED) is 0.816. The lowest BCUT2D eigenvalue weighted by Crippen LogP contribution is -2.19. The second-order valence-electron chi connectivity index (χ2n) is 7.80. The average molecular weight is 378 g/mol. The lowest BCUT2D eigenvalue weighted by Gasteiger charge is -2.18. The number of aromatic hydroxyl groups is 1. The zero-order chi connectivity index (χ0) is 19.8. The molecule has 4 rings (SSSR count). The Morgan fingerprint density at radius 1 is 1.18 bits per heavy atom. The van der Waals surface area contributed by atoms with Crippen LogP contribution in [0.3, 0.4) is 0 Å². The fraction of sp³-hybridized carbons (Fsp3) is 0.348. The molecule has 0 saturated carbocycles. The molecule has 5 heteroatoms. The van der Waals surface area contributed by atoms with Crippen molar-refractivity contribution in [2.45, 2.75) is 26.3 Å².